The summed E-state index contributed by atoms with van der Waals surface area (Å²) in [4.78, 5) is 9.94. The van der Waals surface area contributed by atoms with Crippen LogP contribution in [0.5, 0.6) is 0 Å². The predicted octanol–water partition coefficient (Wildman–Crippen LogP) is 0.338. The van der Waals surface area contributed by atoms with Crippen LogP contribution in [-0.4, -0.2) is 32.1 Å². The molecule has 0 saturated carbocycles. The summed E-state index contributed by atoms with van der Waals surface area (Å²) in [5.41, 5.74) is 0.694. The van der Waals surface area contributed by atoms with E-state index in [9.17, 15) is 18.5 Å². The smallest absolute Gasteiger partial charge is 0.313 e. The SMILES string of the molecule is CC1(NS(=O)(=O)c2cccc(NN)c2[N+](=O)[O-])CCOC1. The molecule has 0 bridgehead atoms. The van der Waals surface area contributed by atoms with Crippen molar-refractivity contribution in [2.45, 2.75) is 23.8 Å². The molecule has 1 unspecified atom stereocenters. The molecular weight excluding hydrogens is 300 g/mol. The molecule has 1 aliphatic heterocycles. The number of benzene rings is 1. The zero-order valence-electron chi connectivity index (χ0n) is 11.3. The third-order valence-corrected chi connectivity index (χ3v) is 4.90. The van der Waals surface area contributed by atoms with Crippen molar-refractivity contribution in [2.24, 2.45) is 5.84 Å². The molecule has 0 spiro atoms. The number of hydrogen-bond donors (Lipinski definition) is 3. The van der Waals surface area contributed by atoms with Crippen molar-refractivity contribution in [2.75, 3.05) is 18.6 Å². The molecule has 9 nitrogen and oxygen atoms in total. The summed E-state index contributed by atoms with van der Waals surface area (Å²) in [6.45, 7) is 2.34. The average molecular weight is 316 g/mol. The minimum atomic E-state index is -4.08. The fourth-order valence-electron chi connectivity index (χ4n) is 2.17. The summed E-state index contributed by atoms with van der Waals surface area (Å²) in [5, 5.41) is 11.2. The van der Waals surface area contributed by atoms with Crippen LogP contribution < -0.4 is 16.0 Å². The Morgan fingerprint density at radius 1 is 1.48 bits per heavy atom. The number of nitrogens with two attached hydrogens (primary N) is 1. The molecular formula is C11H16N4O5S. The van der Waals surface area contributed by atoms with E-state index in [1.807, 2.05) is 0 Å². The van der Waals surface area contributed by atoms with Gasteiger partial charge in [0.2, 0.25) is 10.0 Å². The van der Waals surface area contributed by atoms with E-state index in [0.29, 0.717) is 13.0 Å². The number of para-hydroxylation sites is 1. The van der Waals surface area contributed by atoms with Gasteiger partial charge in [0.1, 0.15) is 5.69 Å². The van der Waals surface area contributed by atoms with Gasteiger partial charge in [0.05, 0.1) is 17.1 Å². The second-order valence-electron chi connectivity index (χ2n) is 5.02. The molecule has 4 N–H and O–H groups in total. The lowest BCUT2D eigenvalue weighted by molar-refractivity contribution is -0.386. The molecule has 10 heteroatoms. The number of sulfonamides is 1. The molecule has 0 aliphatic carbocycles. The van der Waals surface area contributed by atoms with E-state index >= 15 is 0 Å². The second-order valence-corrected chi connectivity index (χ2v) is 6.67. The van der Waals surface area contributed by atoms with Gasteiger partial charge in [-0.3, -0.25) is 16.0 Å². The van der Waals surface area contributed by atoms with Crippen molar-refractivity contribution in [3.05, 3.63) is 28.3 Å². The number of nitrogen functional groups attached to an aromatic ring is 1. The van der Waals surface area contributed by atoms with Crippen molar-refractivity contribution >= 4 is 21.4 Å². The zero-order chi connectivity index (χ0) is 15.7. The number of anilines is 1. The molecule has 2 rings (SSSR count). The lowest BCUT2D eigenvalue weighted by atomic mass is 10.0. The van der Waals surface area contributed by atoms with Gasteiger partial charge in [-0.1, -0.05) is 6.07 Å². The molecule has 0 amide bonds. The van der Waals surface area contributed by atoms with Gasteiger partial charge in [0.25, 0.3) is 0 Å². The van der Waals surface area contributed by atoms with Gasteiger partial charge < -0.3 is 10.2 Å². The van der Waals surface area contributed by atoms with E-state index in [-0.39, 0.29) is 12.3 Å². The monoisotopic (exact) mass is 316 g/mol. The van der Waals surface area contributed by atoms with Crippen LogP contribution in [0.15, 0.2) is 23.1 Å². The first-order valence-corrected chi connectivity index (χ1v) is 7.63. The van der Waals surface area contributed by atoms with E-state index in [1.54, 1.807) is 6.92 Å². The quantitative estimate of drug-likeness (QED) is 0.404. The Morgan fingerprint density at radius 3 is 2.71 bits per heavy atom. The van der Waals surface area contributed by atoms with Crippen molar-refractivity contribution in [1.82, 2.24) is 4.72 Å². The van der Waals surface area contributed by atoms with Crippen LogP contribution in [0.3, 0.4) is 0 Å². The largest absolute Gasteiger partial charge is 0.379 e. The van der Waals surface area contributed by atoms with Gasteiger partial charge in [-0.15, -0.1) is 0 Å². The van der Waals surface area contributed by atoms with Crippen LogP contribution in [0.1, 0.15) is 13.3 Å². The molecule has 1 aromatic carbocycles. The Labute approximate surface area is 121 Å². The molecule has 1 aromatic rings. The van der Waals surface area contributed by atoms with Crippen LogP contribution in [0.4, 0.5) is 11.4 Å². The van der Waals surface area contributed by atoms with Gasteiger partial charge in [0, 0.05) is 6.61 Å². The standard InChI is InChI=1S/C11H16N4O5S/c1-11(5-6-20-7-11)14-21(18,19)9-4-2-3-8(13-12)10(9)15(16)17/h2-4,13-14H,5-7,12H2,1H3. The molecule has 116 valence electrons. The van der Waals surface area contributed by atoms with Crippen molar-refractivity contribution in [3.8, 4) is 0 Å². The third kappa shape index (κ3) is 3.13. The van der Waals surface area contributed by atoms with Gasteiger partial charge in [-0.25, -0.2) is 13.1 Å². The first-order valence-electron chi connectivity index (χ1n) is 6.15. The Kier molecular flexibility index (Phi) is 4.14. The van der Waals surface area contributed by atoms with Gasteiger partial charge in [0.15, 0.2) is 4.90 Å². The van der Waals surface area contributed by atoms with Gasteiger partial charge >= 0.3 is 5.69 Å². The highest BCUT2D eigenvalue weighted by Crippen LogP contribution is 2.32. The summed E-state index contributed by atoms with van der Waals surface area (Å²) in [6, 6.07) is 3.88. The summed E-state index contributed by atoms with van der Waals surface area (Å²) in [6.07, 6.45) is 0.495. The summed E-state index contributed by atoms with van der Waals surface area (Å²) in [5.74, 6) is 5.20. The molecule has 0 radical (unpaired) electrons. The molecule has 21 heavy (non-hydrogen) atoms. The first-order chi connectivity index (χ1) is 9.79. The van der Waals surface area contributed by atoms with Crippen LogP contribution in [0.2, 0.25) is 0 Å². The summed E-state index contributed by atoms with van der Waals surface area (Å²) >= 11 is 0. The highest BCUT2D eigenvalue weighted by Gasteiger charge is 2.37. The maximum atomic E-state index is 12.4. The average Bonchev–Trinajstić information content (AvgIpc) is 2.83. The number of rotatable bonds is 5. The zero-order valence-corrected chi connectivity index (χ0v) is 12.1. The van der Waals surface area contributed by atoms with Gasteiger partial charge in [-0.2, -0.15) is 0 Å². The van der Waals surface area contributed by atoms with Crippen molar-refractivity contribution in [3.63, 3.8) is 0 Å². The van der Waals surface area contributed by atoms with Gasteiger partial charge in [-0.05, 0) is 25.5 Å². The van der Waals surface area contributed by atoms with E-state index in [1.165, 1.54) is 18.2 Å². The number of nitrogens with zero attached hydrogens (tertiary/aromatic N) is 1. The van der Waals surface area contributed by atoms with Crippen LogP contribution in [0, 0.1) is 10.1 Å². The lowest BCUT2D eigenvalue weighted by Crippen LogP contribution is -2.46. The molecule has 1 atom stereocenters. The topological polar surface area (TPSA) is 137 Å². The van der Waals surface area contributed by atoms with E-state index in [4.69, 9.17) is 10.6 Å². The van der Waals surface area contributed by atoms with E-state index in [2.05, 4.69) is 10.1 Å². The third-order valence-electron chi connectivity index (χ3n) is 3.23. The Balaban J connectivity index is 2.47. The molecule has 1 heterocycles. The Hall–Kier alpha value is -1.75. The summed E-state index contributed by atoms with van der Waals surface area (Å²) in [7, 11) is -4.08. The molecule has 0 aromatic heterocycles. The first kappa shape index (κ1) is 15.6. The van der Waals surface area contributed by atoms with E-state index < -0.39 is 31.1 Å². The van der Waals surface area contributed by atoms with Crippen LogP contribution in [-0.2, 0) is 14.8 Å². The highest BCUT2D eigenvalue weighted by molar-refractivity contribution is 7.89. The minimum absolute atomic E-state index is 0.0734. The molecule has 1 saturated heterocycles. The number of ether oxygens (including phenoxy) is 1. The number of nitro groups is 1. The molecule has 1 fully saturated rings. The number of hydrazine groups is 1. The van der Waals surface area contributed by atoms with Crippen molar-refractivity contribution < 1.29 is 18.1 Å². The van der Waals surface area contributed by atoms with Crippen LogP contribution >= 0.6 is 0 Å². The second kappa shape index (κ2) is 5.56. The van der Waals surface area contributed by atoms with Crippen molar-refractivity contribution in [1.29, 1.82) is 0 Å². The fraction of sp³-hybridized carbons (Fsp3) is 0.455. The van der Waals surface area contributed by atoms with Crippen LogP contribution in [0.25, 0.3) is 0 Å². The Bertz CT molecular complexity index is 655. The maximum Gasteiger partial charge on any atom is 0.313 e. The lowest BCUT2D eigenvalue weighted by Gasteiger charge is -2.23. The minimum Gasteiger partial charge on any atom is -0.379 e. The number of nitro benzene ring substituents is 1. The Morgan fingerprint density at radius 2 is 2.19 bits per heavy atom. The predicted molar refractivity (Wildman–Crippen MR) is 75.1 cm³/mol. The maximum absolute atomic E-state index is 12.4. The number of nitrogens with one attached hydrogen (secondary N) is 2. The highest BCUT2D eigenvalue weighted by atomic mass is 32.2. The fourth-order valence-corrected chi connectivity index (χ4v) is 3.79. The molecule has 1 aliphatic rings. The van der Waals surface area contributed by atoms with E-state index in [0.717, 1.165) is 0 Å². The normalized spacial score (nSPS) is 22.2. The number of hydrogen-bond acceptors (Lipinski definition) is 7. The summed E-state index contributed by atoms with van der Waals surface area (Å²) < 4.78 is 32.5.